The van der Waals surface area contributed by atoms with Crippen LogP contribution < -0.4 is 5.32 Å². The third-order valence-electron chi connectivity index (χ3n) is 3.42. The Labute approximate surface area is 137 Å². The lowest BCUT2D eigenvalue weighted by Gasteiger charge is -2.08. The van der Waals surface area contributed by atoms with Crippen molar-refractivity contribution in [1.82, 2.24) is 4.98 Å². The van der Waals surface area contributed by atoms with Crippen LogP contribution in [0, 0.1) is 6.92 Å². The first kappa shape index (κ1) is 14.9. The highest BCUT2D eigenvalue weighted by atomic mass is 32.1. The Morgan fingerprint density at radius 3 is 2.82 bits per heavy atom. The van der Waals surface area contributed by atoms with E-state index >= 15 is 0 Å². The zero-order valence-electron chi connectivity index (χ0n) is 12.4. The number of hydrogen-bond donors (Lipinski definition) is 1. The van der Waals surface area contributed by atoms with E-state index in [1.165, 1.54) is 11.3 Å². The molecule has 1 amide bonds. The van der Waals surface area contributed by atoms with E-state index in [4.69, 9.17) is 0 Å². The van der Waals surface area contributed by atoms with E-state index in [1.807, 2.05) is 48.0 Å². The van der Waals surface area contributed by atoms with Crippen LogP contribution >= 0.6 is 22.7 Å². The van der Waals surface area contributed by atoms with Crippen LogP contribution in [0.3, 0.4) is 0 Å². The maximum absolute atomic E-state index is 12.5. The van der Waals surface area contributed by atoms with Gasteiger partial charge in [-0.2, -0.15) is 11.3 Å². The molecule has 1 N–H and O–H groups in total. The molecule has 22 heavy (non-hydrogen) atoms. The summed E-state index contributed by atoms with van der Waals surface area (Å²) < 4.78 is 0. The van der Waals surface area contributed by atoms with E-state index < -0.39 is 0 Å². The number of rotatable bonds is 4. The largest absolute Gasteiger partial charge is 0.321 e. The standard InChI is InChI=1S/C17H16N2OS2/c1-3-12-6-4-5-7-14(12)19-16(20)15-11(2)18-17(22-15)13-8-9-21-10-13/h4-10H,3H2,1-2H3,(H,19,20). The molecule has 0 spiro atoms. The van der Waals surface area contributed by atoms with Gasteiger partial charge < -0.3 is 5.32 Å². The van der Waals surface area contributed by atoms with E-state index in [9.17, 15) is 4.79 Å². The topological polar surface area (TPSA) is 42.0 Å². The summed E-state index contributed by atoms with van der Waals surface area (Å²) in [5.41, 5.74) is 3.86. The lowest BCUT2D eigenvalue weighted by atomic mass is 10.1. The number of thiophene rings is 1. The van der Waals surface area contributed by atoms with Gasteiger partial charge in [0, 0.05) is 16.6 Å². The maximum Gasteiger partial charge on any atom is 0.267 e. The predicted molar refractivity (Wildman–Crippen MR) is 93.9 cm³/mol. The number of hydrogen-bond acceptors (Lipinski definition) is 4. The number of nitrogens with one attached hydrogen (secondary N) is 1. The van der Waals surface area contributed by atoms with Crippen molar-refractivity contribution in [3.05, 3.63) is 57.2 Å². The van der Waals surface area contributed by atoms with Crippen LogP contribution in [-0.2, 0) is 6.42 Å². The SMILES string of the molecule is CCc1ccccc1NC(=O)c1sc(-c2ccsc2)nc1C. The van der Waals surface area contributed by atoms with Gasteiger partial charge in [-0.1, -0.05) is 25.1 Å². The second-order valence-corrected chi connectivity index (χ2v) is 6.69. The molecule has 0 saturated carbocycles. The minimum Gasteiger partial charge on any atom is -0.321 e. The van der Waals surface area contributed by atoms with Crippen LogP contribution in [-0.4, -0.2) is 10.9 Å². The van der Waals surface area contributed by atoms with Crippen molar-refractivity contribution in [3.63, 3.8) is 0 Å². The van der Waals surface area contributed by atoms with Gasteiger partial charge in [-0.05, 0) is 36.4 Å². The number of anilines is 1. The van der Waals surface area contributed by atoms with Gasteiger partial charge in [0.15, 0.2) is 0 Å². The zero-order valence-corrected chi connectivity index (χ0v) is 14.1. The van der Waals surface area contributed by atoms with Crippen molar-refractivity contribution in [2.24, 2.45) is 0 Å². The van der Waals surface area contributed by atoms with Gasteiger partial charge in [0.2, 0.25) is 0 Å². The number of benzene rings is 1. The Bertz CT molecular complexity index is 791. The number of thiazole rings is 1. The highest BCUT2D eigenvalue weighted by Crippen LogP contribution is 2.30. The summed E-state index contributed by atoms with van der Waals surface area (Å²) in [4.78, 5) is 17.7. The molecule has 0 unspecified atom stereocenters. The molecule has 0 aliphatic carbocycles. The zero-order chi connectivity index (χ0) is 15.5. The number of carbonyl (C=O) groups is 1. The van der Waals surface area contributed by atoms with Crippen molar-refractivity contribution >= 4 is 34.3 Å². The van der Waals surface area contributed by atoms with Crippen LogP contribution in [0.2, 0.25) is 0 Å². The van der Waals surface area contributed by atoms with Gasteiger partial charge >= 0.3 is 0 Å². The molecular formula is C17H16N2OS2. The molecule has 0 aliphatic rings. The third-order valence-corrected chi connectivity index (χ3v) is 5.31. The molecule has 0 radical (unpaired) electrons. The smallest absolute Gasteiger partial charge is 0.267 e. The first-order valence-corrected chi connectivity index (χ1v) is 8.84. The average Bonchev–Trinajstić information content (AvgIpc) is 3.17. The quantitative estimate of drug-likeness (QED) is 0.732. The average molecular weight is 328 g/mol. The highest BCUT2D eigenvalue weighted by Gasteiger charge is 2.17. The number of nitrogens with zero attached hydrogens (tertiary/aromatic N) is 1. The summed E-state index contributed by atoms with van der Waals surface area (Å²) in [5, 5.41) is 7.97. The number of aryl methyl sites for hydroxylation is 2. The van der Waals surface area contributed by atoms with Gasteiger partial charge in [0.05, 0.1) is 5.69 Å². The van der Waals surface area contributed by atoms with Crippen LogP contribution in [0.25, 0.3) is 10.6 Å². The normalized spacial score (nSPS) is 10.6. The molecule has 5 heteroatoms. The first-order valence-electron chi connectivity index (χ1n) is 7.08. The Morgan fingerprint density at radius 1 is 1.27 bits per heavy atom. The molecule has 3 rings (SSSR count). The molecule has 2 heterocycles. The van der Waals surface area contributed by atoms with Crippen LogP contribution in [0.15, 0.2) is 41.1 Å². The van der Waals surface area contributed by atoms with E-state index in [0.29, 0.717) is 4.88 Å². The molecule has 3 nitrogen and oxygen atoms in total. The number of para-hydroxylation sites is 1. The maximum atomic E-state index is 12.5. The van der Waals surface area contributed by atoms with E-state index in [-0.39, 0.29) is 5.91 Å². The van der Waals surface area contributed by atoms with Gasteiger partial charge in [-0.3, -0.25) is 4.79 Å². The molecule has 2 aromatic heterocycles. The summed E-state index contributed by atoms with van der Waals surface area (Å²) in [6.07, 6.45) is 0.887. The summed E-state index contributed by atoms with van der Waals surface area (Å²) >= 11 is 3.07. The first-order chi connectivity index (χ1) is 10.7. The minimum absolute atomic E-state index is 0.0858. The Hall–Kier alpha value is -1.98. The molecular weight excluding hydrogens is 312 g/mol. The van der Waals surface area contributed by atoms with Gasteiger partial charge in [0.1, 0.15) is 9.88 Å². The van der Waals surface area contributed by atoms with Gasteiger partial charge in [0.25, 0.3) is 5.91 Å². The summed E-state index contributed by atoms with van der Waals surface area (Å²) in [5.74, 6) is -0.0858. The fourth-order valence-electron chi connectivity index (χ4n) is 2.25. The van der Waals surface area contributed by atoms with Crippen LogP contribution in [0.5, 0.6) is 0 Å². The van der Waals surface area contributed by atoms with Crippen molar-refractivity contribution < 1.29 is 4.79 Å². The fraction of sp³-hybridized carbons (Fsp3) is 0.176. The molecule has 3 aromatic rings. The summed E-state index contributed by atoms with van der Waals surface area (Å²) in [7, 11) is 0. The molecule has 0 bridgehead atoms. The van der Waals surface area contributed by atoms with Gasteiger partial charge in [-0.15, -0.1) is 11.3 Å². The lowest BCUT2D eigenvalue weighted by molar-refractivity contribution is 0.102. The second-order valence-electron chi connectivity index (χ2n) is 4.91. The van der Waals surface area contributed by atoms with Crippen LogP contribution in [0.4, 0.5) is 5.69 Å². The third kappa shape index (κ3) is 2.96. The Balaban J connectivity index is 1.87. The number of carbonyl (C=O) groups excluding carboxylic acids is 1. The summed E-state index contributed by atoms with van der Waals surface area (Å²) in [6, 6.07) is 9.92. The molecule has 0 atom stereocenters. The van der Waals surface area contributed by atoms with Gasteiger partial charge in [-0.25, -0.2) is 4.98 Å². The lowest BCUT2D eigenvalue weighted by Crippen LogP contribution is -2.12. The monoisotopic (exact) mass is 328 g/mol. The molecule has 112 valence electrons. The predicted octanol–water partition coefficient (Wildman–Crippen LogP) is 4.99. The molecule has 0 fully saturated rings. The highest BCUT2D eigenvalue weighted by molar-refractivity contribution is 7.17. The number of amides is 1. The molecule has 1 aromatic carbocycles. The van der Waals surface area contributed by atoms with Crippen molar-refractivity contribution in [2.45, 2.75) is 20.3 Å². The van der Waals surface area contributed by atoms with Crippen molar-refractivity contribution in [1.29, 1.82) is 0 Å². The Kier molecular flexibility index (Phi) is 4.36. The van der Waals surface area contributed by atoms with E-state index in [1.54, 1.807) is 11.3 Å². The fourth-order valence-corrected chi connectivity index (χ4v) is 3.92. The summed E-state index contributed by atoms with van der Waals surface area (Å²) in [6.45, 7) is 3.96. The Morgan fingerprint density at radius 2 is 2.09 bits per heavy atom. The van der Waals surface area contributed by atoms with E-state index in [2.05, 4.69) is 17.2 Å². The van der Waals surface area contributed by atoms with Crippen molar-refractivity contribution in [2.75, 3.05) is 5.32 Å². The van der Waals surface area contributed by atoms with Crippen LogP contribution in [0.1, 0.15) is 27.9 Å². The minimum atomic E-state index is -0.0858. The second kappa shape index (κ2) is 6.42. The number of aromatic nitrogens is 1. The molecule has 0 aliphatic heterocycles. The molecule has 0 saturated heterocycles. The van der Waals surface area contributed by atoms with Crippen molar-refractivity contribution in [3.8, 4) is 10.6 Å². The van der Waals surface area contributed by atoms with E-state index in [0.717, 1.165) is 33.9 Å².